The van der Waals surface area contributed by atoms with E-state index in [1.54, 1.807) is 12.3 Å². The van der Waals surface area contributed by atoms with Gasteiger partial charge in [-0.15, -0.1) is 0 Å². The minimum absolute atomic E-state index is 0.138. The van der Waals surface area contributed by atoms with Crippen LogP contribution in [0.3, 0.4) is 0 Å². The maximum absolute atomic E-state index is 5.72. The van der Waals surface area contributed by atoms with Crippen molar-refractivity contribution >= 4 is 11.6 Å². The van der Waals surface area contributed by atoms with E-state index in [0.717, 1.165) is 25.3 Å². The van der Waals surface area contributed by atoms with E-state index in [4.69, 9.17) is 16.3 Å². The smallest absolute Gasteiger partial charge is 0.129 e. The molecule has 2 rings (SSSR count). The van der Waals surface area contributed by atoms with Crippen molar-refractivity contribution in [3.8, 4) is 0 Å². The number of aromatic nitrogens is 1. The molecule has 0 amide bonds. The third-order valence-corrected chi connectivity index (χ3v) is 2.62. The molecule has 0 radical (unpaired) electrons. The van der Waals surface area contributed by atoms with Crippen molar-refractivity contribution < 1.29 is 4.74 Å². The Morgan fingerprint density at radius 2 is 2.43 bits per heavy atom. The van der Waals surface area contributed by atoms with E-state index in [1.807, 2.05) is 6.07 Å². The van der Waals surface area contributed by atoms with E-state index >= 15 is 0 Å². The van der Waals surface area contributed by atoms with E-state index < -0.39 is 0 Å². The minimum Gasteiger partial charge on any atom is -0.371 e. The van der Waals surface area contributed by atoms with Crippen molar-refractivity contribution in [2.24, 2.45) is 0 Å². The molecule has 1 aliphatic heterocycles. The summed E-state index contributed by atoms with van der Waals surface area (Å²) in [7, 11) is 2.10. The lowest BCUT2D eigenvalue weighted by Gasteiger charge is -2.30. The van der Waals surface area contributed by atoms with E-state index in [1.165, 1.54) is 0 Å². The van der Waals surface area contributed by atoms with E-state index in [2.05, 4.69) is 16.9 Å². The third kappa shape index (κ3) is 2.23. The normalized spacial score (nSPS) is 23.7. The Balaban J connectivity index is 2.10. The van der Waals surface area contributed by atoms with Crippen LogP contribution in [-0.4, -0.2) is 36.6 Å². The topological polar surface area (TPSA) is 25.4 Å². The molecule has 1 aromatic rings. The summed E-state index contributed by atoms with van der Waals surface area (Å²) in [6.07, 6.45) is 1.92. The number of rotatable bonds is 1. The van der Waals surface area contributed by atoms with Gasteiger partial charge in [0.25, 0.3) is 0 Å². The van der Waals surface area contributed by atoms with Crippen molar-refractivity contribution in [1.29, 1.82) is 0 Å². The van der Waals surface area contributed by atoms with Crippen LogP contribution in [0.15, 0.2) is 18.3 Å². The quantitative estimate of drug-likeness (QED) is 0.664. The molecule has 0 aromatic carbocycles. The summed E-state index contributed by atoms with van der Waals surface area (Å²) >= 11 is 5.72. The first-order valence-corrected chi connectivity index (χ1v) is 5.05. The van der Waals surface area contributed by atoms with Crippen molar-refractivity contribution in [1.82, 2.24) is 9.88 Å². The van der Waals surface area contributed by atoms with E-state index in [0.29, 0.717) is 5.15 Å². The fourth-order valence-corrected chi connectivity index (χ4v) is 1.67. The summed E-state index contributed by atoms with van der Waals surface area (Å²) in [4.78, 5) is 6.30. The Morgan fingerprint density at radius 3 is 3.07 bits per heavy atom. The molecule has 0 bridgehead atoms. The molecule has 0 aliphatic carbocycles. The van der Waals surface area contributed by atoms with E-state index in [9.17, 15) is 0 Å². The summed E-state index contributed by atoms with van der Waals surface area (Å²) in [5.41, 5.74) is 1.10. The highest BCUT2D eigenvalue weighted by molar-refractivity contribution is 6.29. The summed E-state index contributed by atoms with van der Waals surface area (Å²) in [6.45, 7) is 2.70. The maximum Gasteiger partial charge on any atom is 0.129 e. The van der Waals surface area contributed by atoms with Gasteiger partial charge in [-0.3, -0.25) is 0 Å². The highest BCUT2D eigenvalue weighted by atomic mass is 35.5. The summed E-state index contributed by atoms with van der Waals surface area (Å²) in [6, 6.07) is 3.77. The number of halogens is 1. The van der Waals surface area contributed by atoms with Crippen LogP contribution in [0, 0.1) is 0 Å². The van der Waals surface area contributed by atoms with Crippen molar-refractivity contribution in [3.63, 3.8) is 0 Å². The van der Waals surface area contributed by atoms with Crippen LogP contribution < -0.4 is 0 Å². The van der Waals surface area contributed by atoms with Gasteiger partial charge in [0, 0.05) is 24.8 Å². The second kappa shape index (κ2) is 4.26. The molecule has 1 aromatic heterocycles. The number of likely N-dealkylation sites (N-methyl/N-ethyl adjacent to an activating group) is 1. The monoisotopic (exact) mass is 212 g/mol. The van der Waals surface area contributed by atoms with Crippen molar-refractivity contribution in [3.05, 3.63) is 29.0 Å². The largest absolute Gasteiger partial charge is 0.371 e. The predicted octanol–water partition coefficient (Wildman–Crippen LogP) is 1.74. The van der Waals surface area contributed by atoms with Gasteiger partial charge in [-0.1, -0.05) is 17.7 Å². The number of morpholine rings is 1. The van der Waals surface area contributed by atoms with Gasteiger partial charge in [-0.2, -0.15) is 0 Å². The van der Waals surface area contributed by atoms with Crippen LogP contribution in [0.25, 0.3) is 0 Å². The van der Waals surface area contributed by atoms with Crippen LogP contribution in [0.5, 0.6) is 0 Å². The summed E-state index contributed by atoms with van der Waals surface area (Å²) in [5.74, 6) is 0. The number of hydrogen-bond donors (Lipinski definition) is 0. The number of nitrogens with zero attached hydrogens (tertiary/aromatic N) is 2. The molecule has 2 heterocycles. The zero-order valence-corrected chi connectivity index (χ0v) is 8.87. The predicted molar refractivity (Wildman–Crippen MR) is 55.4 cm³/mol. The Morgan fingerprint density at radius 1 is 1.57 bits per heavy atom. The zero-order valence-electron chi connectivity index (χ0n) is 8.11. The molecule has 1 atom stereocenters. The standard InChI is InChI=1S/C10H13ClN2O/c1-13-4-5-14-9(7-13)8-2-3-10(11)12-6-8/h2-3,6,9H,4-5,7H2,1H3. The molecular formula is C10H13ClN2O. The molecule has 1 unspecified atom stereocenters. The molecule has 3 nitrogen and oxygen atoms in total. The van der Waals surface area contributed by atoms with Crippen LogP contribution in [0.4, 0.5) is 0 Å². The number of pyridine rings is 1. The SMILES string of the molecule is CN1CCOC(c2ccc(Cl)nc2)C1. The summed E-state index contributed by atoms with van der Waals surface area (Å²) < 4.78 is 5.65. The second-order valence-corrected chi connectivity index (χ2v) is 3.92. The lowest BCUT2D eigenvalue weighted by molar-refractivity contribution is -0.0210. The molecular weight excluding hydrogens is 200 g/mol. The van der Waals surface area contributed by atoms with E-state index in [-0.39, 0.29) is 6.10 Å². The lowest BCUT2D eigenvalue weighted by Crippen LogP contribution is -2.35. The lowest BCUT2D eigenvalue weighted by atomic mass is 10.1. The molecule has 0 saturated carbocycles. The van der Waals surface area contributed by atoms with Crippen LogP contribution >= 0.6 is 11.6 Å². The average molecular weight is 213 g/mol. The molecule has 0 N–H and O–H groups in total. The van der Waals surface area contributed by atoms with Crippen LogP contribution in [0.1, 0.15) is 11.7 Å². The van der Waals surface area contributed by atoms with Gasteiger partial charge in [0.15, 0.2) is 0 Å². The fraction of sp³-hybridized carbons (Fsp3) is 0.500. The van der Waals surface area contributed by atoms with Gasteiger partial charge in [0.05, 0.1) is 12.7 Å². The first kappa shape index (κ1) is 9.90. The molecule has 1 fully saturated rings. The molecule has 76 valence electrons. The Labute approximate surface area is 88.6 Å². The maximum atomic E-state index is 5.72. The fourth-order valence-electron chi connectivity index (χ4n) is 1.56. The zero-order chi connectivity index (χ0) is 9.97. The second-order valence-electron chi connectivity index (χ2n) is 3.54. The Kier molecular flexibility index (Phi) is 3.01. The highest BCUT2D eigenvalue weighted by Gasteiger charge is 2.19. The molecule has 4 heteroatoms. The van der Waals surface area contributed by atoms with Gasteiger partial charge in [-0.25, -0.2) is 4.98 Å². The van der Waals surface area contributed by atoms with Crippen molar-refractivity contribution in [2.75, 3.05) is 26.7 Å². The minimum atomic E-state index is 0.138. The molecule has 0 spiro atoms. The van der Waals surface area contributed by atoms with Gasteiger partial charge < -0.3 is 9.64 Å². The molecule has 1 aliphatic rings. The number of ether oxygens (including phenoxy) is 1. The summed E-state index contributed by atoms with van der Waals surface area (Å²) in [5, 5.41) is 0.526. The van der Waals surface area contributed by atoms with Crippen LogP contribution in [0.2, 0.25) is 5.15 Å². The van der Waals surface area contributed by atoms with Gasteiger partial charge in [0.1, 0.15) is 5.15 Å². The molecule has 1 saturated heterocycles. The van der Waals surface area contributed by atoms with Gasteiger partial charge in [0.2, 0.25) is 0 Å². The third-order valence-electron chi connectivity index (χ3n) is 2.39. The Hall–Kier alpha value is -0.640. The molecule has 14 heavy (non-hydrogen) atoms. The average Bonchev–Trinajstić information content (AvgIpc) is 2.19. The van der Waals surface area contributed by atoms with Gasteiger partial charge in [-0.05, 0) is 13.1 Å². The first-order chi connectivity index (χ1) is 6.75. The van der Waals surface area contributed by atoms with Gasteiger partial charge >= 0.3 is 0 Å². The Bertz CT molecular complexity index is 301. The highest BCUT2D eigenvalue weighted by Crippen LogP contribution is 2.21. The van der Waals surface area contributed by atoms with Crippen LogP contribution in [-0.2, 0) is 4.74 Å². The van der Waals surface area contributed by atoms with Crippen molar-refractivity contribution in [2.45, 2.75) is 6.10 Å². The first-order valence-electron chi connectivity index (χ1n) is 4.67. The number of hydrogen-bond acceptors (Lipinski definition) is 3.